The minimum Gasteiger partial charge on any atom is -0.404 e. The first kappa shape index (κ1) is 22.0. The minimum atomic E-state index is -4.36. The zero-order valence-corrected chi connectivity index (χ0v) is 17.5. The van der Waals surface area contributed by atoms with E-state index in [1.54, 1.807) is 18.2 Å². The lowest BCUT2D eigenvalue weighted by Gasteiger charge is -2.32. The van der Waals surface area contributed by atoms with E-state index in [2.05, 4.69) is 15.0 Å². The van der Waals surface area contributed by atoms with Crippen LogP contribution in [0.3, 0.4) is 0 Å². The molecule has 2 aliphatic heterocycles. The molecule has 176 valence electrons. The Kier molecular flexibility index (Phi) is 5.29. The van der Waals surface area contributed by atoms with Crippen molar-refractivity contribution in [2.45, 2.75) is 37.1 Å². The molecule has 1 saturated heterocycles. The Balaban J connectivity index is 1.42. The lowest BCUT2D eigenvalue weighted by molar-refractivity contribution is -0.193. The average Bonchev–Trinajstić information content (AvgIpc) is 3.33. The summed E-state index contributed by atoms with van der Waals surface area (Å²) in [4.78, 5) is 11.6. The van der Waals surface area contributed by atoms with Crippen molar-refractivity contribution >= 4 is 24.8 Å². The van der Waals surface area contributed by atoms with Gasteiger partial charge in [0.25, 0.3) is 6.43 Å². The molecule has 0 radical (unpaired) electrons. The zero-order chi connectivity index (χ0) is 23.4. The van der Waals surface area contributed by atoms with Gasteiger partial charge in [0.05, 0.1) is 19.5 Å². The van der Waals surface area contributed by atoms with Crippen molar-refractivity contribution in [1.29, 1.82) is 0 Å². The predicted octanol–water partition coefficient (Wildman–Crippen LogP) is 2.37. The van der Waals surface area contributed by atoms with Crippen LogP contribution in [0.15, 0.2) is 36.9 Å². The summed E-state index contributed by atoms with van der Waals surface area (Å²) in [7, 11) is -4.36. The number of fused-ring (bicyclic) bond motifs is 2. The lowest BCUT2D eigenvalue weighted by atomic mass is 9.97. The van der Waals surface area contributed by atoms with Gasteiger partial charge in [-0.15, -0.1) is 0 Å². The number of hydrogen-bond donors (Lipinski definition) is 2. The van der Waals surface area contributed by atoms with Gasteiger partial charge >= 0.3 is 7.82 Å². The maximum absolute atomic E-state index is 15.1. The van der Waals surface area contributed by atoms with Crippen LogP contribution in [0.2, 0.25) is 0 Å². The number of para-hydroxylation sites is 1. The highest BCUT2D eigenvalue weighted by molar-refractivity contribution is 7.49. The zero-order valence-electron chi connectivity index (χ0n) is 16.6. The van der Waals surface area contributed by atoms with E-state index in [4.69, 9.17) is 24.0 Å². The first-order chi connectivity index (χ1) is 15.7. The number of nitrogen functional groups attached to an aromatic ring is 1. The molecule has 5 atom stereocenters. The molecule has 4 heterocycles. The van der Waals surface area contributed by atoms with Crippen LogP contribution in [0.1, 0.15) is 11.8 Å². The van der Waals surface area contributed by atoms with Gasteiger partial charge in [-0.2, -0.15) is 0 Å². The summed E-state index contributed by atoms with van der Waals surface area (Å²) < 4.78 is 78.0. The third-order valence-electron chi connectivity index (χ3n) is 5.45. The molecule has 11 nitrogen and oxygen atoms in total. The van der Waals surface area contributed by atoms with Gasteiger partial charge in [0.15, 0.2) is 29.5 Å². The first-order valence-corrected chi connectivity index (χ1v) is 11.1. The van der Waals surface area contributed by atoms with Crippen molar-refractivity contribution in [1.82, 2.24) is 19.5 Å². The summed E-state index contributed by atoms with van der Waals surface area (Å²) in [6, 6.07) is 6.48. The fraction of sp³-hybridized carbons (Fsp3) is 0.389. The summed E-state index contributed by atoms with van der Waals surface area (Å²) >= 11 is 0. The number of aromatic nitrogens is 4. The number of halogens is 3. The van der Waals surface area contributed by atoms with E-state index in [1.165, 1.54) is 6.07 Å². The third kappa shape index (κ3) is 3.54. The molecule has 15 heteroatoms. The quantitative estimate of drug-likeness (QED) is 0.515. The van der Waals surface area contributed by atoms with E-state index in [9.17, 15) is 18.5 Å². The van der Waals surface area contributed by atoms with Gasteiger partial charge in [0.1, 0.15) is 23.7 Å². The fourth-order valence-electron chi connectivity index (χ4n) is 3.67. The molecule has 3 aromatic rings. The second-order valence-electron chi connectivity index (χ2n) is 7.43. The van der Waals surface area contributed by atoms with Crippen LogP contribution in [0.4, 0.5) is 19.0 Å². The van der Waals surface area contributed by atoms with Crippen LogP contribution < -0.4 is 10.3 Å². The lowest BCUT2D eigenvalue weighted by Crippen LogP contribution is -2.52. The van der Waals surface area contributed by atoms with Crippen LogP contribution in [-0.2, 0) is 25.0 Å². The third-order valence-corrected chi connectivity index (χ3v) is 6.77. The Morgan fingerprint density at radius 2 is 2.12 bits per heavy atom. The number of nitrogens with two attached hydrogens (primary N) is 1. The van der Waals surface area contributed by atoms with Crippen molar-refractivity contribution in [2.75, 3.05) is 12.3 Å². The second kappa shape index (κ2) is 7.92. The number of benzene rings is 1. The predicted molar refractivity (Wildman–Crippen MR) is 105 cm³/mol. The van der Waals surface area contributed by atoms with Gasteiger partial charge in [-0.3, -0.25) is 13.6 Å². The van der Waals surface area contributed by atoms with E-state index in [1.807, 2.05) is 0 Å². The summed E-state index contributed by atoms with van der Waals surface area (Å²) in [5.74, 6) is 0.176. The average molecular weight is 487 g/mol. The number of imidazole rings is 1. The highest BCUT2D eigenvalue weighted by atomic mass is 31.2. The van der Waals surface area contributed by atoms with E-state index in [0.717, 1.165) is 17.2 Å². The molecule has 33 heavy (non-hydrogen) atoms. The summed E-state index contributed by atoms with van der Waals surface area (Å²) in [6.07, 6.45) is -7.73. The fourth-order valence-corrected chi connectivity index (χ4v) is 4.92. The minimum absolute atomic E-state index is 0.0108. The molecule has 2 aromatic heterocycles. The number of hydrogen-bond acceptors (Lipinski definition) is 10. The van der Waals surface area contributed by atoms with E-state index in [0.29, 0.717) is 5.56 Å². The Morgan fingerprint density at radius 3 is 2.91 bits per heavy atom. The van der Waals surface area contributed by atoms with Gasteiger partial charge in [-0.05, 0) is 6.07 Å². The SMILES string of the molecule is Nc1ncnc2c1ncn2[C@@H]1O[C@@](COP2(=O)OCc3ccccc3O2)(C(F)F)[C@@H](O)[C@@H]1F. The summed E-state index contributed by atoms with van der Waals surface area (Å²) in [5, 5.41) is 10.4. The monoisotopic (exact) mass is 487 g/mol. The molecule has 1 unspecified atom stereocenters. The van der Waals surface area contributed by atoms with Gasteiger partial charge in [-0.25, -0.2) is 32.7 Å². The van der Waals surface area contributed by atoms with Crippen molar-refractivity contribution in [2.24, 2.45) is 0 Å². The molecule has 0 saturated carbocycles. The topological polar surface area (TPSA) is 144 Å². The number of aliphatic hydroxyl groups is 1. The number of aliphatic hydroxyl groups excluding tert-OH is 1. The number of phosphoric ester groups is 1. The molecular formula is C18H17F3N5O6P. The Bertz CT molecular complexity index is 1250. The Morgan fingerprint density at radius 1 is 1.33 bits per heavy atom. The van der Waals surface area contributed by atoms with Gasteiger partial charge in [0.2, 0.25) is 0 Å². The maximum atomic E-state index is 15.1. The van der Waals surface area contributed by atoms with E-state index < -0.39 is 45.0 Å². The number of rotatable bonds is 5. The molecule has 3 N–H and O–H groups in total. The van der Waals surface area contributed by atoms with Crippen molar-refractivity contribution in [3.63, 3.8) is 0 Å². The molecule has 0 bridgehead atoms. The van der Waals surface area contributed by atoms with Crippen molar-refractivity contribution < 1.29 is 41.2 Å². The van der Waals surface area contributed by atoms with Crippen molar-refractivity contribution in [3.05, 3.63) is 42.5 Å². The normalized spacial score (nSPS) is 31.6. The molecule has 0 amide bonds. The molecule has 1 fully saturated rings. The van der Waals surface area contributed by atoms with Crippen LogP contribution in [0.25, 0.3) is 11.2 Å². The van der Waals surface area contributed by atoms with E-state index >= 15 is 4.39 Å². The molecule has 1 aromatic carbocycles. The number of alkyl halides is 3. The van der Waals surface area contributed by atoms with Crippen molar-refractivity contribution in [3.8, 4) is 5.75 Å². The van der Waals surface area contributed by atoms with Gasteiger partial charge in [-0.1, -0.05) is 18.2 Å². The van der Waals surface area contributed by atoms with Gasteiger partial charge in [0, 0.05) is 5.56 Å². The number of ether oxygens (including phenoxy) is 1. The number of nitrogens with zero attached hydrogens (tertiary/aromatic N) is 4. The Labute approximate surface area is 183 Å². The molecule has 2 aliphatic rings. The van der Waals surface area contributed by atoms with Crippen LogP contribution in [0.5, 0.6) is 5.75 Å². The van der Waals surface area contributed by atoms with Crippen LogP contribution in [-0.4, -0.2) is 55.5 Å². The summed E-state index contributed by atoms with van der Waals surface area (Å²) in [6.45, 7) is -1.35. The second-order valence-corrected chi connectivity index (χ2v) is 9.02. The molecule has 0 spiro atoms. The number of phosphoric acid groups is 1. The largest absolute Gasteiger partial charge is 0.530 e. The highest BCUT2D eigenvalue weighted by Gasteiger charge is 2.62. The smallest absolute Gasteiger partial charge is 0.404 e. The first-order valence-electron chi connectivity index (χ1n) is 9.62. The Hall–Kier alpha value is -2.77. The molecule has 0 aliphatic carbocycles. The van der Waals surface area contributed by atoms with Crippen LogP contribution in [0, 0.1) is 0 Å². The molecular weight excluding hydrogens is 470 g/mol. The van der Waals surface area contributed by atoms with Crippen LogP contribution >= 0.6 is 7.82 Å². The van der Waals surface area contributed by atoms with Gasteiger partial charge < -0.3 is 20.1 Å². The highest BCUT2D eigenvalue weighted by Crippen LogP contribution is 2.56. The molecule has 5 rings (SSSR count). The van der Waals surface area contributed by atoms with E-state index in [-0.39, 0.29) is 29.3 Å². The standard InChI is InChI=1S/C18H17F3N5O6P/c19-11-13(27)18(17(20)21,6-30-33(28)29-5-9-3-1-2-4-10(9)32-33)31-16(11)26-8-25-12-14(22)23-7-24-15(12)26/h1-4,7-8,11,13,16-17,27H,5-6H2,(H2,22,23,24)/t11-,13-,16+,18+,33?/m0/s1. The maximum Gasteiger partial charge on any atom is 0.530 e. The number of anilines is 1. The summed E-state index contributed by atoms with van der Waals surface area (Å²) in [5.41, 5.74) is 3.50.